The second-order valence-corrected chi connectivity index (χ2v) is 12.3. The SMILES string of the molecule is COc1ccc(S(=O)(=O)N2CCCCC2)cc1CCC(=O)Nc1nnc(SCc2ccccc2)s1. The highest BCUT2D eigenvalue weighted by Crippen LogP contribution is 2.29. The van der Waals surface area contributed by atoms with Gasteiger partial charge in [-0.15, -0.1) is 10.2 Å². The van der Waals surface area contributed by atoms with Gasteiger partial charge in [0.2, 0.25) is 21.1 Å². The molecule has 2 heterocycles. The van der Waals surface area contributed by atoms with Crippen LogP contribution in [0, 0.1) is 0 Å². The Labute approximate surface area is 214 Å². The summed E-state index contributed by atoms with van der Waals surface area (Å²) in [5.41, 5.74) is 1.87. The molecule has 0 radical (unpaired) electrons. The van der Waals surface area contributed by atoms with Gasteiger partial charge >= 0.3 is 0 Å². The van der Waals surface area contributed by atoms with E-state index in [-0.39, 0.29) is 17.2 Å². The number of benzene rings is 2. The first-order valence-electron chi connectivity index (χ1n) is 11.4. The van der Waals surface area contributed by atoms with E-state index in [1.807, 2.05) is 18.2 Å². The van der Waals surface area contributed by atoms with Crippen molar-refractivity contribution in [2.24, 2.45) is 0 Å². The zero-order valence-corrected chi connectivity index (χ0v) is 21.9. The number of rotatable bonds is 10. The van der Waals surface area contributed by atoms with E-state index in [0.29, 0.717) is 36.0 Å². The van der Waals surface area contributed by atoms with Crippen molar-refractivity contribution in [3.63, 3.8) is 0 Å². The van der Waals surface area contributed by atoms with Crippen molar-refractivity contribution < 1.29 is 17.9 Å². The van der Waals surface area contributed by atoms with E-state index in [2.05, 4.69) is 27.6 Å². The van der Waals surface area contributed by atoms with Gasteiger partial charge < -0.3 is 10.1 Å². The van der Waals surface area contributed by atoms with E-state index in [0.717, 1.165) is 29.4 Å². The van der Waals surface area contributed by atoms with Crippen LogP contribution in [-0.2, 0) is 27.0 Å². The summed E-state index contributed by atoms with van der Waals surface area (Å²) in [4.78, 5) is 12.8. The van der Waals surface area contributed by atoms with Crippen LogP contribution in [-0.4, -0.2) is 49.0 Å². The number of hydrogen-bond donors (Lipinski definition) is 1. The molecule has 1 fully saturated rings. The summed E-state index contributed by atoms with van der Waals surface area (Å²) in [6, 6.07) is 14.9. The molecule has 0 bridgehead atoms. The molecule has 1 aromatic heterocycles. The summed E-state index contributed by atoms with van der Waals surface area (Å²) >= 11 is 2.90. The third-order valence-corrected chi connectivity index (χ3v) is 9.62. The van der Waals surface area contributed by atoms with Gasteiger partial charge in [0.25, 0.3) is 0 Å². The van der Waals surface area contributed by atoms with Crippen LogP contribution in [0.3, 0.4) is 0 Å². The summed E-state index contributed by atoms with van der Waals surface area (Å²) in [7, 11) is -2.03. The number of ether oxygens (including phenoxy) is 1. The molecule has 186 valence electrons. The molecule has 8 nitrogen and oxygen atoms in total. The van der Waals surface area contributed by atoms with Crippen LogP contribution in [0.1, 0.15) is 36.8 Å². The molecule has 2 aromatic carbocycles. The molecule has 1 amide bonds. The number of methoxy groups -OCH3 is 1. The molecule has 1 aliphatic rings. The Kier molecular flexibility index (Phi) is 8.77. The summed E-state index contributed by atoms with van der Waals surface area (Å²) in [5.74, 6) is 1.12. The molecular weight excluding hydrogens is 504 g/mol. The van der Waals surface area contributed by atoms with Gasteiger partial charge in [0.1, 0.15) is 5.75 Å². The Morgan fingerprint density at radius 3 is 2.63 bits per heavy atom. The summed E-state index contributed by atoms with van der Waals surface area (Å²) in [6.07, 6.45) is 3.31. The molecule has 0 atom stereocenters. The zero-order valence-electron chi connectivity index (χ0n) is 19.5. The second-order valence-electron chi connectivity index (χ2n) is 8.13. The molecular formula is C24H28N4O4S3. The highest BCUT2D eigenvalue weighted by atomic mass is 32.2. The normalized spacial score (nSPS) is 14.5. The number of nitrogens with zero attached hydrogens (tertiary/aromatic N) is 3. The lowest BCUT2D eigenvalue weighted by Gasteiger charge is -2.26. The first-order valence-corrected chi connectivity index (χ1v) is 14.7. The van der Waals surface area contributed by atoms with Crippen molar-refractivity contribution in [3.05, 3.63) is 59.7 Å². The van der Waals surface area contributed by atoms with Crippen molar-refractivity contribution in [2.45, 2.75) is 47.1 Å². The van der Waals surface area contributed by atoms with E-state index < -0.39 is 10.0 Å². The number of anilines is 1. The molecule has 35 heavy (non-hydrogen) atoms. The number of aromatic nitrogens is 2. The highest BCUT2D eigenvalue weighted by molar-refractivity contribution is 8.00. The van der Waals surface area contributed by atoms with Crippen LogP contribution in [0.5, 0.6) is 5.75 Å². The standard InChI is InChI=1S/C24H28N4O4S3/c1-32-21-12-11-20(35(30,31)28-14-6-3-7-15-28)16-19(21)10-13-22(29)25-23-26-27-24(34-23)33-17-18-8-4-2-5-9-18/h2,4-5,8-9,11-12,16H,3,6-7,10,13-15,17H2,1H3,(H,25,26,29). The predicted molar refractivity (Wildman–Crippen MR) is 138 cm³/mol. The number of amides is 1. The zero-order chi connectivity index (χ0) is 24.7. The van der Waals surface area contributed by atoms with Gasteiger partial charge in [-0.05, 0) is 48.6 Å². The van der Waals surface area contributed by atoms with Gasteiger partial charge in [-0.1, -0.05) is 59.9 Å². The number of aryl methyl sites for hydroxylation is 1. The molecule has 1 aliphatic heterocycles. The smallest absolute Gasteiger partial charge is 0.243 e. The number of nitrogens with one attached hydrogen (secondary N) is 1. The van der Waals surface area contributed by atoms with E-state index >= 15 is 0 Å². The Balaban J connectivity index is 1.35. The average molecular weight is 533 g/mol. The fourth-order valence-corrected chi connectivity index (χ4v) is 7.13. The quantitative estimate of drug-likeness (QED) is 0.301. The third-order valence-electron chi connectivity index (χ3n) is 5.68. The number of sulfonamides is 1. The first kappa shape index (κ1) is 25.6. The van der Waals surface area contributed by atoms with Crippen LogP contribution in [0.4, 0.5) is 5.13 Å². The molecule has 4 rings (SSSR count). The lowest BCUT2D eigenvalue weighted by atomic mass is 10.1. The molecule has 11 heteroatoms. The highest BCUT2D eigenvalue weighted by Gasteiger charge is 2.26. The molecule has 0 saturated carbocycles. The summed E-state index contributed by atoms with van der Waals surface area (Å²) in [6.45, 7) is 1.08. The molecule has 1 N–H and O–H groups in total. The Hall–Kier alpha value is -2.47. The number of piperidine rings is 1. The van der Waals surface area contributed by atoms with Crippen molar-refractivity contribution in [3.8, 4) is 5.75 Å². The fourth-order valence-electron chi connectivity index (χ4n) is 3.83. The Bertz CT molecular complexity index is 1240. The van der Waals surface area contributed by atoms with Crippen LogP contribution >= 0.6 is 23.1 Å². The summed E-state index contributed by atoms with van der Waals surface area (Å²) < 4.78 is 33.8. The first-order chi connectivity index (χ1) is 17.0. The van der Waals surface area contributed by atoms with E-state index in [1.165, 1.54) is 28.3 Å². The topological polar surface area (TPSA) is 101 Å². The van der Waals surface area contributed by atoms with Crippen LogP contribution in [0.2, 0.25) is 0 Å². The van der Waals surface area contributed by atoms with Gasteiger partial charge in [-0.2, -0.15) is 4.31 Å². The van der Waals surface area contributed by atoms with Gasteiger partial charge in [-0.3, -0.25) is 4.79 Å². The van der Waals surface area contributed by atoms with Crippen molar-refractivity contribution in [1.82, 2.24) is 14.5 Å². The van der Waals surface area contributed by atoms with E-state index in [9.17, 15) is 13.2 Å². The van der Waals surface area contributed by atoms with Gasteiger partial charge in [-0.25, -0.2) is 8.42 Å². The number of thioether (sulfide) groups is 1. The van der Waals surface area contributed by atoms with Crippen molar-refractivity contribution in [1.29, 1.82) is 0 Å². The number of carbonyl (C=O) groups is 1. The fraction of sp³-hybridized carbons (Fsp3) is 0.375. The summed E-state index contributed by atoms with van der Waals surface area (Å²) in [5, 5.41) is 11.4. The second kappa shape index (κ2) is 12.0. The minimum absolute atomic E-state index is 0.162. The maximum Gasteiger partial charge on any atom is 0.243 e. The Morgan fingerprint density at radius 1 is 1.11 bits per heavy atom. The van der Waals surface area contributed by atoms with E-state index in [1.54, 1.807) is 30.0 Å². The minimum Gasteiger partial charge on any atom is -0.496 e. The van der Waals surface area contributed by atoms with E-state index in [4.69, 9.17) is 4.74 Å². The van der Waals surface area contributed by atoms with Crippen LogP contribution in [0.25, 0.3) is 0 Å². The number of hydrogen-bond acceptors (Lipinski definition) is 8. The van der Waals surface area contributed by atoms with Crippen molar-refractivity contribution >= 4 is 44.2 Å². The monoisotopic (exact) mass is 532 g/mol. The molecule has 0 aliphatic carbocycles. The molecule has 0 spiro atoms. The largest absolute Gasteiger partial charge is 0.496 e. The van der Waals surface area contributed by atoms with Gasteiger partial charge in [0, 0.05) is 25.3 Å². The van der Waals surface area contributed by atoms with Gasteiger partial charge in [0.15, 0.2) is 4.34 Å². The molecule has 3 aromatic rings. The van der Waals surface area contributed by atoms with Gasteiger partial charge in [0.05, 0.1) is 12.0 Å². The average Bonchev–Trinajstić information content (AvgIpc) is 3.34. The van der Waals surface area contributed by atoms with Crippen LogP contribution in [0.15, 0.2) is 57.8 Å². The Morgan fingerprint density at radius 2 is 1.89 bits per heavy atom. The third kappa shape index (κ3) is 6.81. The maximum atomic E-state index is 13.1. The molecule has 0 unspecified atom stereocenters. The molecule has 1 saturated heterocycles. The predicted octanol–water partition coefficient (Wildman–Crippen LogP) is 4.58. The maximum absolute atomic E-state index is 13.1. The number of carbonyl (C=O) groups excluding carboxylic acids is 1. The lowest BCUT2D eigenvalue weighted by Crippen LogP contribution is -2.35. The lowest BCUT2D eigenvalue weighted by molar-refractivity contribution is -0.116. The minimum atomic E-state index is -3.56. The van der Waals surface area contributed by atoms with Crippen molar-refractivity contribution in [2.75, 3.05) is 25.5 Å². The van der Waals surface area contributed by atoms with Crippen LogP contribution < -0.4 is 10.1 Å².